The number of unbranched alkanes of at least 4 members (excludes halogenated alkanes) is 1. The minimum Gasteiger partial charge on any atom is -0.465 e. The molecule has 0 N–H and O–H groups in total. The minimum atomic E-state index is -0.155. The SMILES string of the molecule is CC(C)COC(=O)CCCCC(=O)OC1C2CC3CC(C2)CC1C3. The van der Waals surface area contributed by atoms with E-state index >= 15 is 0 Å². The van der Waals surface area contributed by atoms with E-state index in [1.165, 1.54) is 32.1 Å². The van der Waals surface area contributed by atoms with Gasteiger partial charge in [-0.3, -0.25) is 9.59 Å². The highest BCUT2D eigenvalue weighted by Crippen LogP contribution is 2.54. The first-order valence-corrected chi connectivity index (χ1v) is 9.86. The highest BCUT2D eigenvalue weighted by atomic mass is 16.5. The van der Waals surface area contributed by atoms with E-state index in [0.717, 1.165) is 11.8 Å². The van der Waals surface area contributed by atoms with Crippen LogP contribution in [-0.4, -0.2) is 24.6 Å². The molecule has 0 aromatic rings. The van der Waals surface area contributed by atoms with Crippen LogP contribution in [0.15, 0.2) is 0 Å². The zero-order chi connectivity index (χ0) is 17.1. The fourth-order valence-corrected chi connectivity index (χ4v) is 5.15. The van der Waals surface area contributed by atoms with Gasteiger partial charge in [0.2, 0.25) is 0 Å². The lowest BCUT2D eigenvalue weighted by Gasteiger charge is -2.53. The molecule has 4 aliphatic rings. The third-order valence-corrected chi connectivity index (χ3v) is 6.00. The Labute approximate surface area is 145 Å². The van der Waals surface area contributed by atoms with Crippen LogP contribution in [0.3, 0.4) is 0 Å². The maximum Gasteiger partial charge on any atom is 0.306 e. The van der Waals surface area contributed by atoms with Crippen molar-refractivity contribution in [2.75, 3.05) is 6.61 Å². The van der Waals surface area contributed by atoms with E-state index in [1.807, 2.05) is 13.8 Å². The molecule has 136 valence electrons. The predicted octanol–water partition coefficient (Wildman–Crippen LogP) is 4.11. The lowest BCUT2D eigenvalue weighted by molar-refractivity contribution is -0.171. The number of carbonyl (C=O) groups is 2. The van der Waals surface area contributed by atoms with Gasteiger partial charge < -0.3 is 9.47 Å². The van der Waals surface area contributed by atoms with Crippen molar-refractivity contribution < 1.29 is 19.1 Å². The van der Waals surface area contributed by atoms with Crippen molar-refractivity contribution in [2.45, 2.75) is 77.7 Å². The van der Waals surface area contributed by atoms with Gasteiger partial charge in [0.1, 0.15) is 6.10 Å². The van der Waals surface area contributed by atoms with E-state index in [2.05, 4.69) is 0 Å². The average Bonchev–Trinajstić information content (AvgIpc) is 2.52. The predicted molar refractivity (Wildman–Crippen MR) is 91.2 cm³/mol. The van der Waals surface area contributed by atoms with E-state index in [9.17, 15) is 9.59 Å². The fraction of sp³-hybridized carbons (Fsp3) is 0.900. The number of hydrogen-bond acceptors (Lipinski definition) is 4. The molecule has 0 amide bonds. The Balaban J connectivity index is 1.31. The van der Waals surface area contributed by atoms with Crippen molar-refractivity contribution in [1.82, 2.24) is 0 Å². The molecule has 0 spiro atoms. The van der Waals surface area contributed by atoms with Crippen LogP contribution in [0.2, 0.25) is 0 Å². The highest BCUT2D eigenvalue weighted by Gasteiger charge is 2.49. The lowest BCUT2D eigenvalue weighted by atomic mass is 9.55. The average molecular weight is 336 g/mol. The molecular formula is C20H32O4. The van der Waals surface area contributed by atoms with Gasteiger partial charge in [-0.2, -0.15) is 0 Å². The molecule has 0 atom stereocenters. The summed E-state index contributed by atoms with van der Waals surface area (Å²) in [7, 11) is 0. The Morgan fingerprint density at radius 1 is 0.875 bits per heavy atom. The van der Waals surface area contributed by atoms with Crippen molar-refractivity contribution >= 4 is 11.9 Å². The Kier molecular flexibility index (Phi) is 5.83. The molecular weight excluding hydrogens is 304 g/mol. The lowest BCUT2D eigenvalue weighted by Crippen LogP contribution is -2.50. The maximum absolute atomic E-state index is 12.2. The van der Waals surface area contributed by atoms with Crippen LogP contribution in [0.25, 0.3) is 0 Å². The second kappa shape index (κ2) is 7.88. The Morgan fingerprint density at radius 2 is 1.42 bits per heavy atom. The van der Waals surface area contributed by atoms with Crippen molar-refractivity contribution in [3.8, 4) is 0 Å². The minimum absolute atomic E-state index is 0.0666. The largest absolute Gasteiger partial charge is 0.465 e. The molecule has 0 aromatic carbocycles. The molecule has 0 aliphatic heterocycles. The molecule has 0 unspecified atom stereocenters. The molecule has 0 radical (unpaired) electrons. The molecule has 4 nitrogen and oxygen atoms in total. The number of rotatable bonds is 8. The summed E-state index contributed by atoms with van der Waals surface area (Å²) in [6.45, 7) is 4.52. The van der Waals surface area contributed by atoms with Gasteiger partial charge in [0.05, 0.1) is 6.61 Å². The molecule has 4 saturated carbocycles. The Hall–Kier alpha value is -1.06. The first kappa shape index (κ1) is 17.8. The molecule has 4 aliphatic carbocycles. The van der Waals surface area contributed by atoms with Crippen molar-refractivity contribution in [2.24, 2.45) is 29.6 Å². The topological polar surface area (TPSA) is 52.6 Å². The summed E-state index contributed by atoms with van der Waals surface area (Å²) in [6, 6.07) is 0. The van der Waals surface area contributed by atoms with Crippen LogP contribution in [0, 0.1) is 29.6 Å². The number of esters is 2. The second-order valence-electron chi connectivity index (χ2n) is 8.67. The standard InChI is InChI=1S/C20H32O4/c1-13(2)12-23-18(21)5-3-4-6-19(22)24-20-16-8-14-7-15(10-16)11-17(20)9-14/h13-17,20H,3-12H2,1-2H3. The molecule has 4 heteroatoms. The summed E-state index contributed by atoms with van der Waals surface area (Å²) in [5, 5.41) is 0. The summed E-state index contributed by atoms with van der Waals surface area (Å²) >= 11 is 0. The maximum atomic E-state index is 12.2. The van der Waals surface area contributed by atoms with Gasteiger partial charge in [0, 0.05) is 12.8 Å². The molecule has 4 bridgehead atoms. The van der Waals surface area contributed by atoms with Crippen molar-refractivity contribution in [3.05, 3.63) is 0 Å². The second-order valence-corrected chi connectivity index (χ2v) is 8.67. The summed E-state index contributed by atoms with van der Waals surface area (Å²) in [6.07, 6.45) is 8.93. The van der Waals surface area contributed by atoms with Gasteiger partial charge in [-0.1, -0.05) is 13.8 Å². The monoisotopic (exact) mass is 336 g/mol. The molecule has 0 heterocycles. The van der Waals surface area contributed by atoms with E-state index in [1.54, 1.807) is 0 Å². The molecule has 4 rings (SSSR count). The van der Waals surface area contributed by atoms with E-state index in [-0.39, 0.29) is 18.0 Å². The summed E-state index contributed by atoms with van der Waals surface area (Å²) < 4.78 is 11.0. The number of ether oxygens (including phenoxy) is 2. The van der Waals surface area contributed by atoms with Crippen LogP contribution < -0.4 is 0 Å². The fourth-order valence-electron chi connectivity index (χ4n) is 5.15. The first-order chi connectivity index (χ1) is 11.5. The molecule has 0 saturated heterocycles. The van der Waals surface area contributed by atoms with Crippen LogP contribution >= 0.6 is 0 Å². The smallest absolute Gasteiger partial charge is 0.306 e. The van der Waals surface area contributed by atoms with Crippen molar-refractivity contribution in [1.29, 1.82) is 0 Å². The van der Waals surface area contributed by atoms with E-state index in [4.69, 9.17) is 9.47 Å². The van der Waals surface area contributed by atoms with Gasteiger partial charge in [-0.15, -0.1) is 0 Å². The summed E-state index contributed by atoms with van der Waals surface area (Å²) in [5.74, 6) is 3.19. The third kappa shape index (κ3) is 4.52. The first-order valence-electron chi connectivity index (χ1n) is 9.86. The van der Waals surface area contributed by atoms with Gasteiger partial charge in [0.15, 0.2) is 0 Å². The van der Waals surface area contributed by atoms with Crippen LogP contribution in [-0.2, 0) is 19.1 Å². The summed E-state index contributed by atoms with van der Waals surface area (Å²) in [5.41, 5.74) is 0. The number of carbonyl (C=O) groups excluding carboxylic acids is 2. The van der Waals surface area contributed by atoms with Crippen LogP contribution in [0.5, 0.6) is 0 Å². The van der Waals surface area contributed by atoms with Gasteiger partial charge in [-0.05, 0) is 74.5 Å². The molecule has 4 fully saturated rings. The normalized spacial score (nSPS) is 33.7. The van der Waals surface area contributed by atoms with Crippen LogP contribution in [0.4, 0.5) is 0 Å². The highest BCUT2D eigenvalue weighted by molar-refractivity contribution is 5.70. The van der Waals surface area contributed by atoms with Gasteiger partial charge in [-0.25, -0.2) is 0 Å². The Bertz CT molecular complexity index is 429. The molecule has 24 heavy (non-hydrogen) atoms. The zero-order valence-electron chi connectivity index (χ0n) is 15.2. The number of hydrogen-bond donors (Lipinski definition) is 0. The van der Waals surface area contributed by atoms with Crippen LogP contribution in [0.1, 0.15) is 71.6 Å². The quantitative estimate of drug-likeness (QED) is 0.494. The van der Waals surface area contributed by atoms with E-state index in [0.29, 0.717) is 50.0 Å². The van der Waals surface area contributed by atoms with Crippen molar-refractivity contribution in [3.63, 3.8) is 0 Å². The van der Waals surface area contributed by atoms with Gasteiger partial charge in [0.25, 0.3) is 0 Å². The zero-order valence-corrected chi connectivity index (χ0v) is 15.2. The van der Waals surface area contributed by atoms with E-state index < -0.39 is 0 Å². The third-order valence-electron chi connectivity index (χ3n) is 6.00. The molecule has 0 aromatic heterocycles. The summed E-state index contributed by atoms with van der Waals surface area (Å²) in [4.78, 5) is 23.7. The van der Waals surface area contributed by atoms with Gasteiger partial charge >= 0.3 is 11.9 Å². The Morgan fingerprint density at radius 3 is 1.96 bits per heavy atom.